The summed E-state index contributed by atoms with van der Waals surface area (Å²) >= 11 is 0. The molecule has 0 aliphatic carbocycles. The molecule has 150 valence electrons. The lowest BCUT2D eigenvalue weighted by Gasteiger charge is -2.35. The third-order valence-electron chi connectivity index (χ3n) is 5.23. The van der Waals surface area contributed by atoms with Crippen LogP contribution in [0.2, 0.25) is 0 Å². The van der Waals surface area contributed by atoms with E-state index in [0.29, 0.717) is 6.61 Å². The molecular formula is C23H30N2O3. The first-order valence-electron chi connectivity index (χ1n) is 9.97. The highest BCUT2D eigenvalue weighted by Crippen LogP contribution is 2.21. The van der Waals surface area contributed by atoms with E-state index >= 15 is 0 Å². The van der Waals surface area contributed by atoms with E-state index in [1.54, 1.807) is 0 Å². The lowest BCUT2D eigenvalue weighted by atomic mass is 10.1. The molecule has 1 saturated heterocycles. The number of aryl methyl sites for hydroxylation is 2. The maximum absolute atomic E-state index is 12.5. The molecule has 2 aromatic rings. The van der Waals surface area contributed by atoms with Crippen molar-refractivity contribution in [2.45, 2.75) is 27.3 Å². The largest absolute Gasteiger partial charge is 0.494 e. The molecular weight excluding hydrogens is 352 g/mol. The number of amides is 1. The van der Waals surface area contributed by atoms with Gasteiger partial charge < -0.3 is 14.4 Å². The van der Waals surface area contributed by atoms with Gasteiger partial charge in [-0.25, -0.2) is 0 Å². The van der Waals surface area contributed by atoms with Crippen LogP contribution in [0.3, 0.4) is 0 Å². The fraction of sp³-hybridized carbons (Fsp3) is 0.435. The summed E-state index contributed by atoms with van der Waals surface area (Å²) in [6.45, 7) is 10.9. The minimum atomic E-state index is 0.0487. The Bertz CT molecular complexity index is 798. The summed E-state index contributed by atoms with van der Waals surface area (Å²) in [7, 11) is 0. The van der Waals surface area contributed by atoms with Crippen LogP contribution in [0.4, 0.5) is 0 Å². The predicted octanol–water partition coefficient (Wildman–Crippen LogP) is 3.43. The molecule has 0 spiro atoms. The molecule has 1 amide bonds. The molecule has 0 saturated carbocycles. The summed E-state index contributed by atoms with van der Waals surface area (Å²) in [5.41, 5.74) is 3.59. The van der Waals surface area contributed by atoms with Crippen LogP contribution < -0.4 is 9.47 Å². The minimum absolute atomic E-state index is 0.0487. The molecule has 3 rings (SSSR count). The Hall–Kier alpha value is -2.53. The highest BCUT2D eigenvalue weighted by Gasteiger charge is 2.22. The lowest BCUT2D eigenvalue weighted by Crippen LogP contribution is -2.49. The van der Waals surface area contributed by atoms with Gasteiger partial charge in [-0.15, -0.1) is 0 Å². The summed E-state index contributed by atoms with van der Waals surface area (Å²) in [4.78, 5) is 16.8. The molecule has 0 bridgehead atoms. The molecule has 0 radical (unpaired) electrons. The van der Waals surface area contributed by atoms with E-state index < -0.39 is 0 Å². The molecule has 1 heterocycles. The SMILES string of the molecule is CCOc1ccccc1CN1CCN(C(=O)COc2ccc(C)c(C)c2)CC1. The second-order valence-corrected chi connectivity index (χ2v) is 7.23. The Morgan fingerprint density at radius 3 is 2.43 bits per heavy atom. The fourth-order valence-corrected chi connectivity index (χ4v) is 3.37. The van der Waals surface area contributed by atoms with Crippen molar-refractivity contribution in [1.82, 2.24) is 9.80 Å². The topological polar surface area (TPSA) is 42.0 Å². The van der Waals surface area contributed by atoms with Crippen molar-refractivity contribution in [3.8, 4) is 11.5 Å². The Morgan fingerprint density at radius 2 is 1.71 bits per heavy atom. The summed E-state index contributed by atoms with van der Waals surface area (Å²) in [6, 6.07) is 14.1. The van der Waals surface area contributed by atoms with Crippen molar-refractivity contribution >= 4 is 5.91 Å². The Labute approximate surface area is 167 Å². The normalized spacial score (nSPS) is 14.8. The number of para-hydroxylation sites is 1. The van der Waals surface area contributed by atoms with Gasteiger partial charge in [0.05, 0.1) is 6.61 Å². The zero-order valence-electron chi connectivity index (χ0n) is 17.1. The molecule has 1 aliphatic heterocycles. The molecule has 1 fully saturated rings. The number of piperazine rings is 1. The second-order valence-electron chi connectivity index (χ2n) is 7.23. The Balaban J connectivity index is 1.47. The van der Waals surface area contributed by atoms with Crippen LogP contribution in [0.1, 0.15) is 23.6 Å². The monoisotopic (exact) mass is 382 g/mol. The van der Waals surface area contributed by atoms with Gasteiger partial charge in [-0.05, 0) is 50.1 Å². The molecule has 0 unspecified atom stereocenters. The number of hydrogen-bond donors (Lipinski definition) is 0. The minimum Gasteiger partial charge on any atom is -0.494 e. The van der Waals surface area contributed by atoms with E-state index in [1.165, 1.54) is 16.7 Å². The zero-order chi connectivity index (χ0) is 19.9. The lowest BCUT2D eigenvalue weighted by molar-refractivity contribution is -0.135. The van der Waals surface area contributed by atoms with Crippen LogP contribution in [0.25, 0.3) is 0 Å². The van der Waals surface area contributed by atoms with Crippen molar-refractivity contribution in [2.24, 2.45) is 0 Å². The third-order valence-corrected chi connectivity index (χ3v) is 5.23. The summed E-state index contributed by atoms with van der Waals surface area (Å²) < 4.78 is 11.4. The highest BCUT2D eigenvalue weighted by atomic mass is 16.5. The van der Waals surface area contributed by atoms with Crippen molar-refractivity contribution in [3.63, 3.8) is 0 Å². The van der Waals surface area contributed by atoms with Gasteiger partial charge in [0, 0.05) is 38.3 Å². The van der Waals surface area contributed by atoms with Crippen LogP contribution in [0.15, 0.2) is 42.5 Å². The van der Waals surface area contributed by atoms with Crippen molar-refractivity contribution < 1.29 is 14.3 Å². The van der Waals surface area contributed by atoms with E-state index in [2.05, 4.69) is 17.9 Å². The van der Waals surface area contributed by atoms with Gasteiger partial charge in [0.15, 0.2) is 6.61 Å². The highest BCUT2D eigenvalue weighted by molar-refractivity contribution is 5.77. The second kappa shape index (κ2) is 9.60. The molecule has 0 atom stereocenters. The standard InChI is InChI=1S/C23H30N2O3/c1-4-27-22-8-6-5-7-20(22)16-24-11-13-25(14-12-24)23(26)17-28-21-10-9-18(2)19(3)15-21/h5-10,15H,4,11-14,16-17H2,1-3H3. The summed E-state index contributed by atoms with van der Waals surface area (Å²) in [5.74, 6) is 1.75. The quantitative estimate of drug-likeness (QED) is 0.736. The predicted molar refractivity (Wildman–Crippen MR) is 111 cm³/mol. The number of nitrogens with zero attached hydrogens (tertiary/aromatic N) is 2. The summed E-state index contributed by atoms with van der Waals surface area (Å²) in [5, 5.41) is 0. The van der Waals surface area contributed by atoms with Gasteiger partial charge in [0.1, 0.15) is 11.5 Å². The first kappa shape index (κ1) is 20.2. The van der Waals surface area contributed by atoms with Crippen LogP contribution in [-0.2, 0) is 11.3 Å². The smallest absolute Gasteiger partial charge is 0.260 e. The fourth-order valence-electron chi connectivity index (χ4n) is 3.37. The van der Waals surface area contributed by atoms with Gasteiger partial charge in [-0.3, -0.25) is 9.69 Å². The van der Waals surface area contributed by atoms with Crippen LogP contribution >= 0.6 is 0 Å². The first-order chi connectivity index (χ1) is 13.6. The average molecular weight is 383 g/mol. The molecule has 0 N–H and O–H groups in total. The first-order valence-corrected chi connectivity index (χ1v) is 9.97. The van der Waals surface area contributed by atoms with Gasteiger partial charge >= 0.3 is 0 Å². The van der Waals surface area contributed by atoms with Crippen molar-refractivity contribution in [3.05, 3.63) is 59.2 Å². The van der Waals surface area contributed by atoms with E-state index in [1.807, 2.05) is 55.1 Å². The van der Waals surface area contributed by atoms with E-state index in [0.717, 1.165) is 44.2 Å². The molecule has 5 heteroatoms. The number of hydrogen-bond acceptors (Lipinski definition) is 4. The average Bonchev–Trinajstić information content (AvgIpc) is 2.71. The van der Waals surface area contributed by atoms with E-state index in [9.17, 15) is 4.79 Å². The zero-order valence-corrected chi connectivity index (χ0v) is 17.1. The van der Waals surface area contributed by atoms with E-state index in [-0.39, 0.29) is 12.5 Å². The maximum Gasteiger partial charge on any atom is 0.260 e. The van der Waals surface area contributed by atoms with Gasteiger partial charge in [-0.1, -0.05) is 24.3 Å². The molecule has 0 aromatic heterocycles. The Morgan fingerprint density at radius 1 is 0.964 bits per heavy atom. The van der Waals surface area contributed by atoms with Crippen LogP contribution in [0, 0.1) is 13.8 Å². The number of ether oxygens (including phenoxy) is 2. The van der Waals surface area contributed by atoms with Gasteiger partial charge in [-0.2, -0.15) is 0 Å². The number of carbonyl (C=O) groups excluding carboxylic acids is 1. The molecule has 28 heavy (non-hydrogen) atoms. The van der Waals surface area contributed by atoms with Crippen molar-refractivity contribution in [2.75, 3.05) is 39.4 Å². The molecule has 2 aromatic carbocycles. The van der Waals surface area contributed by atoms with E-state index in [4.69, 9.17) is 9.47 Å². The molecule has 1 aliphatic rings. The maximum atomic E-state index is 12.5. The van der Waals surface area contributed by atoms with Crippen LogP contribution in [0.5, 0.6) is 11.5 Å². The number of benzene rings is 2. The third kappa shape index (κ3) is 5.26. The molecule has 5 nitrogen and oxygen atoms in total. The Kier molecular flexibility index (Phi) is 6.93. The van der Waals surface area contributed by atoms with Crippen molar-refractivity contribution in [1.29, 1.82) is 0 Å². The van der Waals surface area contributed by atoms with Gasteiger partial charge in [0.25, 0.3) is 5.91 Å². The van der Waals surface area contributed by atoms with Gasteiger partial charge in [0.2, 0.25) is 0 Å². The van der Waals surface area contributed by atoms with Crippen LogP contribution in [-0.4, -0.2) is 55.1 Å². The number of carbonyl (C=O) groups is 1. The number of rotatable bonds is 7. The summed E-state index contributed by atoms with van der Waals surface area (Å²) in [6.07, 6.45) is 0.